The van der Waals surface area contributed by atoms with Gasteiger partial charge in [-0.2, -0.15) is 0 Å². The molecule has 0 aliphatic rings. The van der Waals surface area contributed by atoms with Gasteiger partial charge in [0.15, 0.2) is 0 Å². The van der Waals surface area contributed by atoms with Gasteiger partial charge >= 0.3 is 11.8 Å². The van der Waals surface area contributed by atoms with E-state index in [2.05, 4.69) is 15.6 Å². The van der Waals surface area contributed by atoms with Gasteiger partial charge in [0.05, 0.1) is 0 Å². The predicted molar refractivity (Wildman–Crippen MR) is 61.0 cm³/mol. The maximum atomic E-state index is 11.3. The average Bonchev–Trinajstić information content (AvgIpc) is 2.75. The van der Waals surface area contributed by atoms with Gasteiger partial charge in [0.25, 0.3) is 0 Å². The van der Waals surface area contributed by atoms with Crippen LogP contribution in [-0.2, 0) is 9.59 Å². The minimum absolute atomic E-state index is 0.587. The van der Waals surface area contributed by atoms with Gasteiger partial charge in [-0.1, -0.05) is 6.07 Å². The normalized spacial score (nSPS) is 10.1. The zero-order chi connectivity index (χ0) is 11.5. The number of benzene rings is 1. The SMILES string of the molecule is CNC(=O)C(=O)Nc1ccc2cc[nH]c2c1. The molecule has 2 aromatic rings. The molecule has 0 saturated heterocycles. The Morgan fingerprint density at radius 3 is 2.75 bits per heavy atom. The van der Waals surface area contributed by atoms with Crippen molar-refractivity contribution in [2.75, 3.05) is 12.4 Å². The lowest BCUT2D eigenvalue weighted by molar-refractivity contribution is -0.135. The molecular weight excluding hydrogens is 206 g/mol. The lowest BCUT2D eigenvalue weighted by Crippen LogP contribution is -2.32. The summed E-state index contributed by atoms with van der Waals surface area (Å²) in [5, 5.41) is 5.82. The highest BCUT2D eigenvalue weighted by molar-refractivity contribution is 6.39. The number of carbonyl (C=O) groups is 2. The zero-order valence-electron chi connectivity index (χ0n) is 8.70. The first kappa shape index (κ1) is 10.2. The highest BCUT2D eigenvalue weighted by atomic mass is 16.2. The van der Waals surface area contributed by atoms with Gasteiger partial charge in [0.1, 0.15) is 0 Å². The Bertz CT molecular complexity index is 545. The van der Waals surface area contributed by atoms with Crippen LogP contribution in [0.4, 0.5) is 5.69 Å². The molecule has 0 aliphatic heterocycles. The Morgan fingerprint density at radius 2 is 2.00 bits per heavy atom. The number of aromatic amines is 1. The predicted octanol–water partition coefficient (Wildman–Crippen LogP) is 0.852. The van der Waals surface area contributed by atoms with E-state index in [-0.39, 0.29) is 0 Å². The van der Waals surface area contributed by atoms with E-state index in [1.807, 2.05) is 18.3 Å². The van der Waals surface area contributed by atoms with Crippen LogP contribution in [0.3, 0.4) is 0 Å². The summed E-state index contributed by atoms with van der Waals surface area (Å²) in [5.74, 6) is -1.33. The fourth-order valence-electron chi connectivity index (χ4n) is 1.43. The fraction of sp³-hybridized carbons (Fsp3) is 0.0909. The number of nitrogens with one attached hydrogen (secondary N) is 3. The van der Waals surface area contributed by atoms with Crippen molar-refractivity contribution in [1.82, 2.24) is 10.3 Å². The summed E-state index contributed by atoms with van der Waals surface area (Å²) in [6.07, 6.45) is 1.81. The number of carbonyl (C=O) groups excluding carboxylic acids is 2. The molecule has 5 nitrogen and oxygen atoms in total. The van der Waals surface area contributed by atoms with Crippen LogP contribution in [0.2, 0.25) is 0 Å². The smallest absolute Gasteiger partial charge is 0.313 e. The van der Waals surface area contributed by atoms with Crippen LogP contribution in [0.25, 0.3) is 10.9 Å². The number of H-pyrrole nitrogens is 1. The van der Waals surface area contributed by atoms with Crippen LogP contribution in [-0.4, -0.2) is 23.8 Å². The van der Waals surface area contributed by atoms with Crippen molar-refractivity contribution in [3.05, 3.63) is 30.5 Å². The van der Waals surface area contributed by atoms with Gasteiger partial charge in [-0.3, -0.25) is 9.59 Å². The van der Waals surface area contributed by atoms with Crippen molar-refractivity contribution in [2.24, 2.45) is 0 Å². The number of hydrogen-bond acceptors (Lipinski definition) is 2. The molecule has 16 heavy (non-hydrogen) atoms. The molecule has 0 radical (unpaired) electrons. The number of likely N-dealkylation sites (N-methyl/N-ethyl adjacent to an activating group) is 1. The van der Waals surface area contributed by atoms with Crippen molar-refractivity contribution in [3.8, 4) is 0 Å². The Labute approximate surface area is 91.8 Å². The molecule has 0 spiro atoms. The van der Waals surface area contributed by atoms with Crippen LogP contribution in [0.5, 0.6) is 0 Å². The summed E-state index contributed by atoms with van der Waals surface area (Å²) < 4.78 is 0. The number of aromatic nitrogens is 1. The molecule has 0 aliphatic carbocycles. The average molecular weight is 217 g/mol. The second kappa shape index (κ2) is 4.06. The summed E-state index contributed by atoms with van der Waals surface area (Å²) in [6.45, 7) is 0. The number of amides is 2. The van der Waals surface area contributed by atoms with Gasteiger partial charge < -0.3 is 15.6 Å². The fourth-order valence-corrected chi connectivity index (χ4v) is 1.43. The van der Waals surface area contributed by atoms with E-state index in [9.17, 15) is 9.59 Å². The van der Waals surface area contributed by atoms with Crippen molar-refractivity contribution < 1.29 is 9.59 Å². The molecule has 0 atom stereocenters. The van der Waals surface area contributed by atoms with E-state index in [1.165, 1.54) is 7.05 Å². The Balaban J connectivity index is 2.21. The highest BCUT2D eigenvalue weighted by Crippen LogP contribution is 2.17. The minimum atomic E-state index is -0.673. The molecule has 0 bridgehead atoms. The van der Waals surface area contributed by atoms with E-state index in [0.717, 1.165) is 10.9 Å². The van der Waals surface area contributed by atoms with Crippen molar-refractivity contribution in [3.63, 3.8) is 0 Å². The topological polar surface area (TPSA) is 74.0 Å². The molecular formula is C11H11N3O2. The minimum Gasteiger partial charge on any atom is -0.361 e. The first-order chi connectivity index (χ1) is 7.70. The van der Waals surface area contributed by atoms with Crippen molar-refractivity contribution in [1.29, 1.82) is 0 Å². The van der Waals surface area contributed by atoms with Crippen molar-refractivity contribution in [2.45, 2.75) is 0 Å². The van der Waals surface area contributed by atoms with Crippen LogP contribution in [0.1, 0.15) is 0 Å². The van der Waals surface area contributed by atoms with E-state index >= 15 is 0 Å². The summed E-state index contributed by atoms with van der Waals surface area (Å²) in [5.41, 5.74) is 1.50. The molecule has 0 fully saturated rings. The largest absolute Gasteiger partial charge is 0.361 e. The number of fused-ring (bicyclic) bond motifs is 1. The third-order valence-electron chi connectivity index (χ3n) is 2.25. The maximum absolute atomic E-state index is 11.3. The van der Waals surface area contributed by atoms with E-state index < -0.39 is 11.8 Å². The maximum Gasteiger partial charge on any atom is 0.313 e. The first-order valence-corrected chi connectivity index (χ1v) is 4.81. The van der Waals surface area contributed by atoms with E-state index in [1.54, 1.807) is 12.1 Å². The molecule has 1 aromatic carbocycles. The lowest BCUT2D eigenvalue weighted by Gasteiger charge is -2.03. The summed E-state index contributed by atoms with van der Waals surface area (Å²) >= 11 is 0. The van der Waals surface area contributed by atoms with Gasteiger partial charge in [-0.25, -0.2) is 0 Å². The van der Waals surface area contributed by atoms with Gasteiger partial charge in [-0.15, -0.1) is 0 Å². The Morgan fingerprint density at radius 1 is 1.19 bits per heavy atom. The molecule has 5 heteroatoms. The van der Waals surface area contributed by atoms with Gasteiger partial charge in [-0.05, 0) is 23.6 Å². The number of hydrogen-bond donors (Lipinski definition) is 3. The lowest BCUT2D eigenvalue weighted by atomic mass is 10.2. The number of rotatable bonds is 1. The molecule has 0 unspecified atom stereocenters. The molecule has 1 heterocycles. The Hall–Kier alpha value is -2.30. The van der Waals surface area contributed by atoms with Crippen LogP contribution in [0, 0.1) is 0 Å². The van der Waals surface area contributed by atoms with E-state index in [4.69, 9.17) is 0 Å². The first-order valence-electron chi connectivity index (χ1n) is 4.81. The highest BCUT2D eigenvalue weighted by Gasteiger charge is 2.11. The van der Waals surface area contributed by atoms with Crippen LogP contribution >= 0.6 is 0 Å². The third kappa shape index (κ3) is 1.88. The van der Waals surface area contributed by atoms with Gasteiger partial charge in [0.2, 0.25) is 0 Å². The monoisotopic (exact) mass is 217 g/mol. The van der Waals surface area contributed by atoms with Crippen LogP contribution < -0.4 is 10.6 Å². The number of anilines is 1. The standard InChI is InChI=1S/C11H11N3O2/c1-12-10(15)11(16)14-8-3-2-7-4-5-13-9(7)6-8/h2-6,13H,1H3,(H,12,15)(H,14,16). The van der Waals surface area contributed by atoms with Gasteiger partial charge in [0, 0.05) is 24.4 Å². The quantitative estimate of drug-likeness (QED) is 0.619. The van der Waals surface area contributed by atoms with E-state index in [0.29, 0.717) is 5.69 Å². The Kier molecular flexibility index (Phi) is 2.59. The third-order valence-corrected chi connectivity index (χ3v) is 2.25. The summed E-state index contributed by atoms with van der Waals surface area (Å²) in [6, 6.07) is 7.32. The summed E-state index contributed by atoms with van der Waals surface area (Å²) in [4.78, 5) is 25.3. The molecule has 2 amide bonds. The second-order valence-corrected chi connectivity index (χ2v) is 3.31. The molecule has 1 aromatic heterocycles. The summed E-state index contributed by atoms with van der Waals surface area (Å²) in [7, 11) is 1.41. The molecule has 82 valence electrons. The van der Waals surface area contributed by atoms with Crippen LogP contribution in [0.15, 0.2) is 30.5 Å². The molecule has 3 N–H and O–H groups in total. The van der Waals surface area contributed by atoms with Crippen molar-refractivity contribution >= 4 is 28.4 Å². The zero-order valence-corrected chi connectivity index (χ0v) is 8.70. The second-order valence-electron chi connectivity index (χ2n) is 3.31. The molecule has 0 saturated carbocycles. The molecule has 2 rings (SSSR count).